The topological polar surface area (TPSA) is 91.3 Å². The number of phenols is 1. The lowest BCUT2D eigenvalue weighted by Gasteiger charge is -2.07. The lowest BCUT2D eigenvalue weighted by molar-refractivity contribution is -0.110. The SMILES string of the molecule is O=C1Nc2ccc(C(=O)NCc3ccncc3)cc2C1=Cc1cc(Br)c(O)c(Br)c1. The number of rotatable bonds is 4. The molecule has 2 aromatic carbocycles. The summed E-state index contributed by atoms with van der Waals surface area (Å²) in [4.78, 5) is 29.1. The molecule has 0 atom stereocenters. The minimum atomic E-state index is -0.250. The number of phenolic OH excluding ortho intramolecular Hbond substituents is 1. The molecular formula is C22H15Br2N3O3. The van der Waals surface area contributed by atoms with Gasteiger partial charge in [0.05, 0.1) is 8.95 Å². The fourth-order valence-corrected chi connectivity index (χ4v) is 4.31. The van der Waals surface area contributed by atoms with Gasteiger partial charge in [-0.1, -0.05) is 0 Å². The average Bonchev–Trinajstić information content (AvgIpc) is 3.05. The summed E-state index contributed by atoms with van der Waals surface area (Å²) < 4.78 is 1.01. The van der Waals surface area contributed by atoms with Crippen molar-refractivity contribution in [2.24, 2.45) is 0 Å². The lowest BCUT2D eigenvalue weighted by Crippen LogP contribution is -2.22. The van der Waals surface area contributed by atoms with Crippen LogP contribution in [0.3, 0.4) is 0 Å². The van der Waals surface area contributed by atoms with Crippen LogP contribution in [0.25, 0.3) is 11.6 Å². The molecule has 1 aliphatic heterocycles. The van der Waals surface area contributed by atoms with Gasteiger partial charge < -0.3 is 15.7 Å². The van der Waals surface area contributed by atoms with Crippen molar-refractivity contribution in [1.29, 1.82) is 0 Å². The fraction of sp³-hybridized carbons (Fsp3) is 0.0455. The highest BCUT2D eigenvalue weighted by Crippen LogP contribution is 2.37. The van der Waals surface area contributed by atoms with E-state index in [0.29, 0.717) is 37.9 Å². The molecule has 2 heterocycles. The zero-order chi connectivity index (χ0) is 21.3. The zero-order valence-electron chi connectivity index (χ0n) is 15.4. The smallest absolute Gasteiger partial charge is 0.256 e. The van der Waals surface area contributed by atoms with Crippen molar-refractivity contribution in [3.63, 3.8) is 0 Å². The van der Waals surface area contributed by atoms with Gasteiger partial charge in [-0.05, 0) is 91.5 Å². The number of nitrogens with zero attached hydrogens (tertiary/aromatic N) is 1. The fourth-order valence-electron chi connectivity index (χ4n) is 3.09. The number of anilines is 1. The van der Waals surface area contributed by atoms with E-state index in [2.05, 4.69) is 47.5 Å². The molecule has 2 amide bonds. The summed E-state index contributed by atoms with van der Waals surface area (Å²) >= 11 is 6.59. The van der Waals surface area contributed by atoms with Crippen molar-refractivity contribution in [3.8, 4) is 5.75 Å². The monoisotopic (exact) mass is 527 g/mol. The Morgan fingerprint density at radius 1 is 1.10 bits per heavy atom. The average molecular weight is 529 g/mol. The van der Waals surface area contributed by atoms with E-state index >= 15 is 0 Å². The minimum absolute atomic E-state index is 0.0848. The number of aromatic hydroxyl groups is 1. The van der Waals surface area contributed by atoms with Gasteiger partial charge in [0.25, 0.3) is 11.8 Å². The summed E-state index contributed by atoms with van der Waals surface area (Å²) in [7, 11) is 0. The second-order valence-corrected chi connectivity index (χ2v) is 8.35. The summed E-state index contributed by atoms with van der Waals surface area (Å²) in [5.74, 6) is -0.398. The highest BCUT2D eigenvalue weighted by Gasteiger charge is 2.25. The molecule has 4 rings (SSSR count). The molecule has 0 saturated carbocycles. The lowest BCUT2D eigenvalue weighted by atomic mass is 10.0. The van der Waals surface area contributed by atoms with E-state index in [1.54, 1.807) is 48.8 Å². The van der Waals surface area contributed by atoms with E-state index in [1.807, 2.05) is 12.1 Å². The third-order valence-electron chi connectivity index (χ3n) is 4.62. The third kappa shape index (κ3) is 4.15. The molecule has 8 heteroatoms. The number of carbonyl (C=O) groups excluding carboxylic acids is 2. The number of amides is 2. The van der Waals surface area contributed by atoms with Crippen LogP contribution in [0, 0.1) is 0 Å². The number of aromatic nitrogens is 1. The van der Waals surface area contributed by atoms with Gasteiger partial charge >= 0.3 is 0 Å². The van der Waals surface area contributed by atoms with Crippen LogP contribution >= 0.6 is 31.9 Å². The number of hydrogen-bond acceptors (Lipinski definition) is 4. The van der Waals surface area contributed by atoms with E-state index < -0.39 is 0 Å². The van der Waals surface area contributed by atoms with Crippen molar-refractivity contribution in [3.05, 3.63) is 86.1 Å². The molecule has 1 aliphatic rings. The van der Waals surface area contributed by atoms with Crippen molar-refractivity contribution in [2.45, 2.75) is 6.54 Å². The summed E-state index contributed by atoms with van der Waals surface area (Å²) in [6.07, 6.45) is 5.06. The van der Waals surface area contributed by atoms with E-state index in [1.165, 1.54) is 0 Å². The van der Waals surface area contributed by atoms with Gasteiger partial charge in [0.1, 0.15) is 5.75 Å². The van der Waals surface area contributed by atoms with Gasteiger partial charge in [-0.25, -0.2) is 0 Å². The van der Waals surface area contributed by atoms with Crippen molar-refractivity contribution in [2.75, 3.05) is 5.32 Å². The standard InChI is InChI=1S/C22H15Br2N3O3/c23-17-8-13(9-18(24)20(17)28)7-16-15-10-14(1-2-19(15)27-22(16)30)21(29)26-11-12-3-5-25-6-4-12/h1-10,28H,11H2,(H,26,29)(H,27,30). The Kier molecular flexibility index (Phi) is 5.69. The molecule has 0 saturated heterocycles. The molecular weight excluding hydrogens is 514 g/mol. The number of hydrogen-bond donors (Lipinski definition) is 3. The molecule has 150 valence electrons. The number of fused-ring (bicyclic) bond motifs is 1. The van der Waals surface area contributed by atoms with E-state index in [0.717, 1.165) is 11.1 Å². The molecule has 0 bridgehead atoms. The Labute approximate surface area is 189 Å². The quantitative estimate of drug-likeness (QED) is 0.427. The van der Waals surface area contributed by atoms with Crippen LogP contribution in [0.1, 0.15) is 27.0 Å². The maximum absolute atomic E-state index is 12.6. The summed E-state index contributed by atoms with van der Waals surface area (Å²) in [6, 6.07) is 12.2. The number of benzene rings is 2. The van der Waals surface area contributed by atoms with Gasteiger partial charge in [0, 0.05) is 41.3 Å². The molecule has 3 N–H and O–H groups in total. The van der Waals surface area contributed by atoms with E-state index in [9.17, 15) is 14.7 Å². The zero-order valence-corrected chi connectivity index (χ0v) is 18.6. The first-order valence-electron chi connectivity index (χ1n) is 8.95. The number of halogens is 2. The van der Waals surface area contributed by atoms with Crippen LogP contribution in [0.15, 0.2) is 63.8 Å². The first-order chi connectivity index (χ1) is 14.4. The van der Waals surface area contributed by atoms with Crippen LogP contribution < -0.4 is 10.6 Å². The van der Waals surface area contributed by atoms with Gasteiger partial charge in [-0.15, -0.1) is 0 Å². The third-order valence-corrected chi connectivity index (χ3v) is 5.83. The Morgan fingerprint density at radius 3 is 2.50 bits per heavy atom. The highest BCUT2D eigenvalue weighted by atomic mass is 79.9. The molecule has 6 nitrogen and oxygen atoms in total. The maximum atomic E-state index is 12.6. The molecule has 1 aromatic heterocycles. The predicted molar refractivity (Wildman–Crippen MR) is 122 cm³/mol. The summed E-state index contributed by atoms with van der Waals surface area (Å²) in [5, 5.41) is 15.6. The molecule has 3 aromatic rings. The second kappa shape index (κ2) is 8.41. The van der Waals surface area contributed by atoms with Gasteiger partial charge in [-0.3, -0.25) is 14.6 Å². The largest absolute Gasteiger partial charge is 0.506 e. The van der Waals surface area contributed by atoms with Crippen LogP contribution in [-0.2, 0) is 11.3 Å². The molecule has 0 fully saturated rings. The second-order valence-electron chi connectivity index (χ2n) is 6.64. The summed E-state index contributed by atoms with van der Waals surface area (Å²) in [5.41, 5.74) is 3.86. The Hall–Kier alpha value is -2.97. The highest BCUT2D eigenvalue weighted by molar-refractivity contribution is 9.11. The number of pyridine rings is 1. The minimum Gasteiger partial charge on any atom is -0.506 e. The first-order valence-corrected chi connectivity index (χ1v) is 10.5. The molecule has 0 aliphatic carbocycles. The first kappa shape index (κ1) is 20.3. The van der Waals surface area contributed by atoms with Crippen LogP contribution in [0.2, 0.25) is 0 Å². The number of carbonyl (C=O) groups is 2. The van der Waals surface area contributed by atoms with Crippen molar-refractivity contribution >= 4 is 61.0 Å². The van der Waals surface area contributed by atoms with Crippen LogP contribution in [0.5, 0.6) is 5.75 Å². The summed E-state index contributed by atoms with van der Waals surface area (Å²) in [6.45, 7) is 0.383. The normalized spacial score (nSPS) is 13.8. The molecule has 30 heavy (non-hydrogen) atoms. The maximum Gasteiger partial charge on any atom is 0.256 e. The Balaban J connectivity index is 1.62. The molecule has 0 spiro atoms. The van der Waals surface area contributed by atoms with Gasteiger partial charge in [0.15, 0.2) is 0 Å². The molecule has 0 unspecified atom stereocenters. The predicted octanol–water partition coefficient (Wildman–Crippen LogP) is 4.73. The van der Waals surface area contributed by atoms with E-state index in [4.69, 9.17) is 0 Å². The van der Waals surface area contributed by atoms with Crippen molar-refractivity contribution < 1.29 is 14.7 Å². The Bertz CT molecular complexity index is 1170. The van der Waals surface area contributed by atoms with E-state index in [-0.39, 0.29) is 17.6 Å². The Morgan fingerprint density at radius 2 is 1.80 bits per heavy atom. The van der Waals surface area contributed by atoms with Crippen LogP contribution in [-0.4, -0.2) is 21.9 Å². The van der Waals surface area contributed by atoms with Crippen molar-refractivity contribution in [1.82, 2.24) is 10.3 Å². The van der Waals surface area contributed by atoms with Gasteiger partial charge in [-0.2, -0.15) is 0 Å². The number of nitrogens with one attached hydrogen (secondary N) is 2. The van der Waals surface area contributed by atoms with Gasteiger partial charge in [0.2, 0.25) is 0 Å². The molecule has 0 radical (unpaired) electrons. The van der Waals surface area contributed by atoms with Crippen LogP contribution in [0.4, 0.5) is 5.69 Å².